The van der Waals surface area contributed by atoms with E-state index >= 15 is 0 Å². The van der Waals surface area contributed by atoms with E-state index in [1.165, 1.54) is 17.7 Å². The molecule has 0 bridgehead atoms. The highest BCUT2D eigenvalue weighted by Gasteiger charge is 2.22. The lowest BCUT2D eigenvalue weighted by Gasteiger charge is -2.12. The van der Waals surface area contributed by atoms with Crippen molar-refractivity contribution >= 4 is 33.5 Å². The van der Waals surface area contributed by atoms with Crippen LogP contribution in [0.25, 0.3) is 21.6 Å². The van der Waals surface area contributed by atoms with Gasteiger partial charge in [-0.25, -0.2) is 14.6 Å². The molecule has 0 amide bonds. The highest BCUT2D eigenvalue weighted by atomic mass is 32.1. The summed E-state index contributed by atoms with van der Waals surface area (Å²) in [6.07, 6.45) is 0. The minimum atomic E-state index is -1.10. The van der Waals surface area contributed by atoms with Gasteiger partial charge >= 0.3 is 11.9 Å². The fourth-order valence-electron chi connectivity index (χ4n) is 3.32. The number of ether oxygens (including phenoxy) is 1. The van der Waals surface area contributed by atoms with Gasteiger partial charge in [0, 0.05) is 5.56 Å². The molecule has 3 heterocycles. The topological polar surface area (TPSA) is 112 Å². The monoisotopic (exact) mass is 438 g/mol. The first-order chi connectivity index (χ1) is 14.8. The zero-order valence-electron chi connectivity index (χ0n) is 17.0. The van der Waals surface area contributed by atoms with Gasteiger partial charge in [0.15, 0.2) is 0 Å². The van der Waals surface area contributed by atoms with Crippen LogP contribution >= 0.6 is 11.3 Å². The molecule has 0 aliphatic carbocycles. The lowest BCUT2D eigenvalue weighted by atomic mass is 10.1. The van der Waals surface area contributed by atoms with Crippen molar-refractivity contribution in [3.05, 3.63) is 74.3 Å². The number of hydrogen-bond donors (Lipinski definition) is 1. The molecule has 0 fully saturated rings. The van der Waals surface area contributed by atoms with Gasteiger partial charge in [0.05, 0.1) is 19.0 Å². The number of esters is 1. The lowest BCUT2D eigenvalue weighted by Crippen LogP contribution is -2.24. The number of carbonyl (C=O) groups excluding carboxylic acids is 1. The standard InChI is InChI=1S/C22H18N2O6S/c1-11-4-6-13(7-5-11)18-23-19-16(12(2)17(31-19)21(26)27)20(25)24(18)10-14-8-9-15(30-14)22(28)29-3/h4-9H,10H2,1-3H3,(H,26,27). The van der Waals surface area contributed by atoms with E-state index in [1.807, 2.05) is 31.2 Å². The predicted molar refractivity (Wildman–Crippen MR) is 115 cm³/mol. The maximum absolute atomic E-state index is 13.5. The van der Waals surface area contributed by atoms with E-state index in [-0.39, 0.29) is 28.1 Å². The van der Waals surface area contributed by atoms with Crippen LogP contribution in [0.3, 0.4) is 0 Å². The number of furan rings is 1. The van der Waals surface area contributed by atoms with Gasteiger partial charge in [0.25, 0.3) is 5.56 Å². The Balaban J connectivity index is 1.94. The molecule has 0 radical (unpaired) electrons. The van der Waals surface area contributed by atoms with E-state index in [9.17, 15) is 19.5 Å². The summed E-state index contributed by atoms with van der Waals surface area (Å²) in [4.78, 5) is 41.8. The van der Waals surface area contributed by atoms with Gasteiger partial charge in [-0.15, -0.1) is 11.3 Å². The van der Waals surface area contributed by atoms with Gasteiger partial charge in [0.2, 0.25) is 5.76 Å². The van der Waals surface area contributed by atoms with E-state index in [4.69, 9.17) is 4.42 Å². The SMILES string of the molecule is COC(=O)c1ccc(Cn2c(-c3ccc(C)cc3)nc3sc(C(=O)O)c(C)c3c2=O)o1. The quantitative estimate of drug-likeness (QED) is 0.471. The zero-order chi connectivity index (χ0) is 22.3. The molecular formula is C22H18N2O6S. The Kier molecular flexibility index (Phi) is 5.20. The first-order valence-corrected chi connectivity index (χ1v) is 10.1. The normalized spacial score (nSPS) is 11.1. The minimum Gasteiger partial charge on any atom is -0.477 e. The number of thiophene rings is 1. The van der Waals surface area contributed by atoms with Gasteiger partial charge < -0.3 is 14.3 Å². The van der Waals surface area contributed by atoms with Crippen molar-refractivity contribution in [2.45, 2.75) is 20.4 Å². The molecule has 4 aromatic rings. The van der Waals surface area contributed by atoms with Crippen molar-refractivity contribution in [3.63, 3.8) is 0 Å². The van der Waals surface area contributed by atoms with E-state index in [0.717, 1.165) is 16.9 Å². The number of carboxylic acid groups (broad SMARTS) is 1. The number of rotatable bonds is 5. The Morgan fingerprint density at radius 3 is 2.52 bits per heavy atom. The molecule has 3 aromatic heterocycles. The number of aromatic nitrogens is 2. The van der Waals surface area contributed by atoms with E-state index in [1.54, 1.807) is 13.0 Å². The predicted octanol–water partition coefficient (Wildman–Crippen LogP) is 3.87. The highest BCUT2D eigenvalue weighted by Crippen LogP contribution is 2.30. The van der Waals surface area contributed by atoms with Crippen LogP contribution in [-0.4, -0.2) is 33.7 Å². The Morgan fingerprint density at radius 1 is 1.16 bits per heavy atom. The van der Waals surface area contributed by atoms with E-state index < -0.39 is 11.9 Å². The second-order valence-electron chi connectivity index (χ2n) is 6.99. The highest BCUT2D eigenvalue weighted by molar-refractivity contribution is 7.20. The van der Waals surface area contributed by atoms with Gasteiger partial charge in [-0.3, -0.25) is 9.36 Å². The molecule has 158 valence electrons. The molecule has 1 aromatic carbocycles. The smallest absolute Gasteiger partial charge is 0.373 e. The van der Waals surface area contributed by atoms with Crippen LogP contribution in [0.2, 0.25) is 0 Å². The van der Waals surface area contributed by atoms with E-state index in [0.29, 0.717) is 27.5 Å². The number of nitrogens with zero attached hydrogens (tertiary/aromatic N) is 2. The van der Waals surface area contributed by atoms with Crippen molar-refractivity contribution < 1.29 is 23.8 Å². The number of fused-ring (bicyclic) bond motifs is 1. The summed E-state index contributed by atoms with van der Waals surface area (Å²) in [5.74, 6) is -0.950. The summed E-state index contributed by atoms with van der Waals surface area (Å²) in [7, 11) is 1.25. The number of benzene rings is 1. The average Bonchev–Trinajstić information content (AvgIpc) is 3.34. The number of carboxylic acids is 1. The molecule has 9 heteroatoms. The molecule has 31 heavy (non-hydrogen) atoms. The molecule has 0 spiro atoms. The van der Waals surface area contributed by atoms with Crippen LogP contribution in [0, 0.1) is 13.8 Å². The molecule has 0 aliphatic heterocycles. The minimum absolute atomic E-state index is 0.0136. The number of aromatic carboxylic acids is 1. The molecule has 4 rings (SSSR count). The van der Waals surface area contributed by atoms with Gasteiger partial charge in [-0.1, -0.05) is 29.8 Å². The number of carbonyl (C=O) groups is 2. The fourth-order valence-corrected chi connectivity index (χ4v) is 4.33. The number of aryl methyl sites for hydroxylation is 2. The largest absolute Gasteiger partial charge is 0.477 e. The lowest BCUT2D eigenvalue weighted by molar-refractivity contribution is 0.0562. The Labute approximate surface area is 180 Å². The van der Waals surface area contributed by atoms with Crippen LogP contribution in [0.15, 0.2) is 45.6 Å². The van der Waals surface area contributed by atoms with Gasteiger partial charge in [-0.05, 0) is 31.5 Å². The van der Waals surface area contributed by atoms with Crippen LogP contribution in [0.5, 0.6) is 0 Å². The Bertz CT molecular complexity index is 1380. The van der Waals surface area contributed by atoms with E-state index in [2.05, 4.69) is 9.72 Å². The van der Waals surface area contributed by atoms with Gasteiger partial charge in [0.1, 0.15) is 21.3 Å². The third kappa shape index (κ3) is 3.64. The molecule has 0 aliphatic rings. The molecule has 0 saturated carbocycles. The van der Waals surface area contributed by atoms with Crippen LogP contribution in [-0.2, 0) is 11.3 Å². The summed E-state index contributed by atoms with van der Waals surface area (Å²) >= 11 is 0.976. The molecular weight excluding hydrogens is 420 g/mol. The first kappa shape index (κ1) is 20.5. The van der Waals surface area contributed by atoms with Crippen molar-refractivity contribution in [3.8, 4) is 11.4 Å². The van der Waals surface area contributed by atoms with Crippen LogP contribution < -0.4 is 5.56 Å². The summed E-state index contributed by atoms with van der Waals surface area (Å²) in [5.41, 5.74) is 1.75. The number of hydrogen-bond acceptors (Lipinski definition) is 7. The summed E-state index contributed by atoms with van der Waals surface area (Å²) < 4.78 is 11.6. The third-order valence-corrected chi connectivity index (χ3v) is 6.09. The maximum atomic E-state index is 13.5. The summed E-state index contributed by atoms with van der Waals surface area (Å²) in [6, 6.07) is 10.6. The van der Waals surface area contributed by atoms with Crippen LogP contribution in [0.1, 0.15) is 37.1 Å². The summed E-state index contributed by atoms with van der Waals surface area (Å²) in [6.45, 7) is 3.57. The molecule has 8 nitrogen and oxygen atoms in total. The summed E-state index contributed by atoms with van der Waals surface area (Å²) in [5, 5.41) is 9.73. The third-order valence-electron chi connectivity index (χ3n) is 4.92. The van der Waals surface area contributed by atoms with Crippen molar-refractivity contribution in [1.82, 2.24) is 9.55 Å². The Hall–Kier alpha value is -3.72. The van der Waals surface area contributed by atoms with Gasteiger partial charge in [-0.2, -0.15) is 0 Å². The Morgan fingerprint density at radius 2 is 1.87 bits per heavy atom. The fraction of sp³-hybridized carbons (Fsp3) is 0.182. The average molecular weight is 438 g/mol. The second-order valence-corrected chi connectivity index (χ2v) is 7.99. The van der Waals surface area contributed by atoms with Crippen LogP contribution in [0.4, 0.5) is 0 Å². The molecule has 1 N–H and O–H groups in total. The molecule has 0 atom stereocenters. The van der Waals surface area contributed by atoms with Crippen molar-refractivity contribution in [2.75, 3.05) is 7.11 Å². The first-order valence-electron chi connectivity index (χ1n) is 9.31. The van der Waals surface area contributed by atoms with Crippen molar-refractivity contribution in [1.29, 1.82) is 0 Å². The second kappa shape index (κ2) is 7.84. The molecule has 0 unspecified atom stereocenters. The maximum Gasteiger partial charge on any atom is 0.373 e. The zero-order valence-corrected chi connectivity index (χ0v) is 17.8. The van der Waals surface area contributed by atoms with Crippen molar-refractivity contribution in [2.24, 2.45) is 0 Å². The number of methoxy groups -OCH3 is 1. The molecule has 0 saturated heterocycles.